The molecule has 0 aliphatic carbocycles. The number of furan rings is 1. The Labute approximate surface area is 116 Å². The van der Waals surface area contributed by atoms with E-state index in [0.29, 0.717) is 18.0 Å². The maximum absolute atomic E-state index is 10.9. The van der Waals surface area contributed by atoms with E-state index in [1.54, 1.807) is 0 Å². The quantitative estimate of drug-likeness (QED) is 0.666. The van der Waals surface area contributed by atoms with Crippen LogP contribution in [0.2, 0.25) is 0 Å². The average Bonchev–Trinajstić information content (AvgIpc) is 2.82. The van der Waals surface area contributed by atoms with E-state index < -0.39 is 0 Å². The molecule has 0 N–H and O–H groups in total. The molecular formula is C17H14O3. The van der Waals surface area contributed by atoms with Gasteiger partial charge in [-0.3, -0.25) is 4.79 Å². The van der Waals surface area contributed by atoms with E-state index >= 15 is 0 Å². The fraction of sp³-hybridized carbons (Fsp3) is 0.118. The van der Waals surface area contributed by atoms with Crippen molar-refractivity contribution in [1.29, 1.82) is 0 Å². The minimum atomic E-state index is 0.375. The van der Waals surface area contributed by atoms with E-state index in [0.717, 1.165) is 28.5 Å². The Morgan fingerprint density at radius 3 is 2.70 bits per heavy atom. The van der Waals surface area contributed by atoms with Crippen LogP contribution < -0.4 is 4.74 Å². The van der Waals surface area contributed by atoms with Crippen molar-refractivity contribution in [2.45, 2.75) is 13.5 Å². The van der Waals surface area contributed by atoms with Crippen LogP contribution in [0.15, 0.2) is 52.9 Å². The Morgan fingerprint density at radius 2 is 1.95 bits per heavy atom. The predicted molar refractivity (Wildman–Crippen MR) is 77.1 cm³/mol. The van der Waals surface area contributed by atoms with Crippen LogP contribution in [0.1, 0.15) is 21.7 Å². The zero-order valence-corrected chi connectivity index (χ0v) is 11.1. The molecule has 1 aromatic heterocycles. The van der Waals surface area contributed by atoms with Crippen LogP contribution in [0, 0.1) is 6.92 Å². The standard InChI is InChI=1S/C17H14O3/c1-12-15-9-14(7-8-16(15)20-17(12)10-18)19-11-13-5-3-2-4-6-13/h2-10H,11H2,1H3. The third-order valence-corrected chi connectivity index (χ3v) is 3.30. The number of hydrogen-bond donors (Lipinski definition) is 0. The van der Waals surface area contributed by atoms with Crippen molar-refractivity contribution >= 4 is 17.3 Å². The smallest absolute Gasteiger partial charge is 0.185 e. The van der Waals surface area contributed by atoms with Gasteiger partial charge < -0.3 is 9.15 Å². The second kappa shape index (κ2) is 5.21. The molecule has 0 aliphatic rings. The highest BCUT2D eigenvalue weighted by Gasteiger charge is 2.10. The zero-order valence-electron chi connectivity index (χ0n) is 11.1. The third-order valence-electron chi connectivity index (χ3n) is 3.30. The summed E-state index contributed by atoms with van der Waals surface area (Å²) in [5.41, 5.74) is 2.67. The first-order chi connectivity index (χ1) is 9.78. The SMILES string of the molecule is Cc1c(C=O)oc2ccc(OCc3ccccc3)cc12. The van der Waals surface area contributed by atoms with Gasteiger partial charge in [-0.05, 0) is 30.7 Å². The summed E-state index contributed by atoms with van der Waals surface area (Å²) in [6.45, 7) is 2.39. The molecule has 3 nitrogen and oxygen atoms in total. The number of hydrogen-bond acceptors (Lipinski definition) is 3. The summed E-state index contributed by atoms with van der Waals surface area (Å²) in [5.74, 6) is 1.14. The molecule has 20 heavy (non-hydrogen) atoms. The van der Waals surface area contributed by atoms with Crippen LogP contribution in [0.25, 0.3) is 11.0 Å². The third kappa shape index (κ3) is 2.30. The van der Waals surface area contributed by atoms with Gasteiger partial charge in [0.1, 0.15) is 17.9 Å². The number of carbonyl (C=O) groups is 1. The van der Waals surface area contributed by atoms with Gasteiger partial charge in [0.15, 0.2) is 12.0 Å². The average molecular weight is 266 g/mol. The molecule has 0 aliphatic heterocycles. The molecule has 0 fully saturated rings. The van der Waals surface area contributed by atoms with Crippen LogP contribution >= 0.6 is 0 Å². The van der Waals surface area contributed by atoms with Gasteiger partial charge in [0, 0.05) is 10.9 Å². The van der Waals surface area contributed by atoms with Gasteiger partial charge >= 0.3 is 0 Å². The molecule has 0 unspecified atom stereocenters. The molecule has 3 rings (SSSR count). The van der Waals surface area contributed by atoms with E-state index in [4.69, 9.17) is 9.15 Å². The second-order valence-corrected chi connectivity index (χ2v) is 4.64. The van der Waals surface area contributed by atoms with Crippen molar-refractivity contribution < 1.29 is 13.9 Å². The Kier molecular flexibility index (Phi) is 3.25. The van der Waals surface area contributed by atoms with Crippen LogP contribution in [0.5, 0.6) is 5.75 Å². The molecule has 3 heteroatoms. The van der Waals surface area contributed by atoms with E-state index in [-0.39, 0.29) is 0 Å². The number of aldehydes is 1. The molecule has 100 valence electrons. The van der Waals surface area contributed by atoms with E-state index in [2.05, 4.69) is 0 Å². The number of rotatable bonds is 4. The lowest BCUT2D eigenvalue weighted by Crippen LogP contribution is -1.94. The van der Waals surface area contributed by atoms with Crippen LogP contribution in [-0.2, 0) is 6.61 Å². The molecule has 0 atom stereocenters. The lowest BCUT2D eigenvalue weighted by molar-refractivity contribution is 0.110. The molecule has 2 aromatic carbocycles. The van der Waals surface area contributed by atoms with Crippen LogP contribution in [-0.4, -0.2) is 6.29 Å². The molecule has 0 radical (unpaired) electrons. The fourth-order valence-corrected chi connectivity index (χ4v) is 2.16. The summed E-state index contributed by atoms with van der Waals surface area (Å²) in [4.78, 5) is 10.9. The first-order valence-corrected chi connectivity index (χ1v) is 6.43. The van der Waals surface area contributed by atoms with Gasteiger partial charge in [-0.15, -0.1) is 0 Å². The maximum atomic E-state index is 10.9. The van der Waals surface area contributed by atoms with Crippen molar-refractivity contribution in [1.82, 2.24) is 0 Å². The minimum absolute atomic E-state index is 0.375. The second-order valence-electron chi connectivity index (χ2n) is 4.64. The molecule has 0 saturated carbocycles. The minimum Gasteiger partial charge on any atom is -0.489 e. The van der Waals surface area contributed by atoms with E-state index in [1.165, 1.54) is 0 Å². The summed E-state index contributed by atoms with van der Waals surface area (Å²) < 4.78 is 11.2. The topological polar surface area (TPSA) is 39.4 Å². The van der Waals surface area contributed by atoms with Gasteiger partial charge in [-0.25, -0.2) is 0 Å². The molecule has 0 amide bonds. The number of benzene rings is 2. The molecule has 0 bridgehead atoms. The van der Waals surface area contributed by atoms with Crippen molar-refractivity contribution in [2.75, 3.05) is 0 Å². The highest BCUT2D eigenvalue weighted by atomic mass is 16.5. The summed E-state index contributed by atoms with van der Waals surface area (Å²) in [7, 11) is 0. The number of aryl methyl sites for hydroxylation is 1. The van der Waals surface area contributed by atoms with Gasteiger partial charge in [-0.2, -0.15) is 0 Å². The van der Waals surface area contributed by atoms with Crippen molar-refractivity contribution in [3.8, 4) is 5.75 Å². The normalized spacial score (nSPS) is 10.7. The number of ether oxygens (including phenoxy) is 1. The summed E-state index contributed by atoms with van der Waals surface area (Å²) in [5, 5.41) is 0.915. The maximum Gasteiger partial charge on any atom is 0.185 e. The van der Waals surface area contributed by atoms with E-state index in [9.17, 15) is 4.79 Å². The van der Waals surface area contributed by atoms with Crippen molar-refractivity contribution in [3.63, 3.8) is 0 Å². The Hall–Kier alpha value is -2.55. The Balaban J connectivity index is 1.85. The summed E-state index contributed by atoms with van der Waals surface area (Å²) in [6.07, 6.45) is 0.736. The van der Waals surface area contributed by atoms with Gasteiger partial charge in [0.2, 0.25) is 0 Å². The van der Waals surface area contributed by atoms with Gasteiger partial charge in [-0.1, -0.05) is 30.3 Å². The predicted octanol–water partition coefficient (Wildman–Crippen LogP) is 4.13. The number of fused-ring (bicyclic) bond motifs is 1. The highest BCUT2D eigenvalue weighted by Crippen LogP contribution is 2.28. The fourth-order valence-electron chi connectivity index (χ4n) is 2.16. The van der Waals surface area contributed by atoms with Crippen LogP contribution in [0.4, 0.5) is 0 Å². The van der Waals surface area contributed by atoms with Crippen LogP contribution in [0.3, 0.4) is 0 Å². The molecule has 0 spiro atoms. The first-order valence-electron chi connectivity index (χ1n) is 6.43. The summed E-state index contributed by atoms with van der Waals surface area (Å²) in [6, 6.07) is 15.6. The monoisotopic (exact) mass is 266 g/mol. The molecule has 0 saturated heterocycles. The molecule has 1 heterocycles. The lowest BCUT2D eigenvalue weighted by Gasteiger charge is -2.06. The number of carbonyl (C=O) groups excluding carboxylic acids is 1. The van der Waals surface area contributed by atoms with Gasteiger partial charge in [0.05, 0.1) is 0 Å². The zero-order chi connectivity index (χ0) is 13.9. The Morgan fingerprint density at radius 1 is 1.15 bits per heavy atom. The lowest BCUT2D eigenvalue weighted by atomic mass is 10.1. The summed E-state index contributed by atoms with van der Waals surface area (Å²) >= 11 is 0. The van der Waals surface area contributed by atoms with Crippen molar-refractivity contribution in [3.05, 3.63) is 65.4 Å². The Bertz CT molecular complexity index is 742. The molecular weight excluding hydrogens is 252 g/mol. The van der Waals surface area contributed by atoms with E-state index in [1.807, 2.05) is 55.5 Å². The highest BCUT2D eigenvalue weighted by molar-refractivity contribution is 5.90. The van der Waals surface area contributed by atoms with Gasteiger partial charge in [0.25, 0.3) is 0 Å². The molecule has 3 aromatic rings. The van der Waals surface area contributed by atoms with Crippen molar-refractivity contribution in [2.24, 2.45) is 0 Å². The largest absolute Gasteiger partial charge is 0.489 e. The first kappa shape index (κ1) is 12.5.